The third-order valence-electron chi connectivity index (χ3n) is 3.91. The molecule has 1 fully saturated rings. The lowest BCUT2D eigenvalue weighted by Gasteiger charge is -2.32. The third-order valence-corrected chi connectivity index (χ3v) is 3.91. The number of hydrogen-bond acceptors (Lipinski definition) is 1. The second kappa shape index (κ2) is 4.96. The highest BCUT2D eigenvalue weighted by atomic mass is 19.1. The van der Waals surface area contributed by atoms with Crippen molar-refractivity contribution in [2.75, 3.05) is 6.54 Å². The second-order valence-corrected chi connectivity index (χ2v) is 4.91. The largest absolute Gasteiger partial charge is 0.330 e. The summed E-state index contributed by atoms with van der Waals surface area (Å²) in [5.41, 5.74) is 7.31. The Balaban J connectivity index is 2.28. The van der Waals surface area contributed by atoms with E-state index in [1.807, 2.05) is 12.1 Å². The SMILES string of the molecule is NCC1(c2ccc(F)cc2)CCCCCC1. The zero-order valence-corrected chi connectivity index (χ0v) is 9.71. The Morgan fingerprint density at radius 2 is 1.56 bits per heavy atom. The number of hydrogen-bond donors (Lipinski definition) is 1. The molecule has 0 atom stereocenters. The Kier molecular flexibility index (Phi) is 3.59. The fourth-order valence-electron chi connectivity index (χ4n) is 2.82. The minimum atomic E-state index is -0.162. The maximum atomic E-state index is 12.9. The molecule has 1 saturated carbocycles. The number of nitrogens with two attached hydrogens (primary N) is 1. The molecule has 0 aromatic heterocycles. The van der Waals surface area contributed by atoms with Crippen LogP contribution in [0.3, 0.4) is 0 Å². The van der Waals surface area contributed by atoms with Gasteiger partial charge in [0.1, 0.15) is 5.82 Å². The Morgan fingerprint density at radius 1 is 1.00 bits per heavy atom. The highest BCUT2D eigenvalue weighted by Gasteiger charge is 2.31. The van der Waals surface area contributed by atoms with E-state index < -0.39 is 0 Å². The first-order valence-electron chi connectivity index (χ1n) is 6.23. The van der Waals surface area contributed by atoms with Crippen LogP contribution in [0.2, 0.25) is 0 Å². The molecule has 2 heteroatoms. The molecule has 1 aromatic rings. The summed E-state index contributed by atoms with van der Waals surface area (Å²) in [6.07, 6.45) is 7.40. The van der Waals surface area contributed by atoms with E-state index >= 15 is 0 Å². The summed E-state index contributed by atoms with van der Waals surface area (Å²) in [5, 5.41) is 0. The van der Waals surface area contributed by atoms with Crippen molar-refractivity contribution in [1.82, 2.24) is 0 Å². The van der Waals surface area contributed by atoms with Crippen molar-refractivity contribution in [1.29, 1.82) is 0 Å². The molecule has 0 radical (unpaired) electrons. The Bertz CT molecular complexity index is 323. The van der Waals surface area contributed by atoms with Crippen molar-refractivity contribution in [2.45, 2.75) is 43.9 Å². The van der Waals surface area contributed by atoms with Gasteiger partial charge in [-0.1, -0.05) is 37.8 Å². The van der Waals surface area contributed by atoms with Crippen molar-refractivity contribution < 1.29 is 4.39 Å². The Morgan fingerprint density at radius 3 is 2.06 bits per heavy atom. The minimum Gasteiger partial charge on any atom is -0.330 e. The van der Waals surface area contributed by atoms with E-state index in [9.17, 15) is 4.39 Å². The third kappa shape index (κ3) is 2.27. The summed E-state index contributed by atoms with van der Waals surface area (Å²) in [7, 11) is 0. The molecule has 0 heterocycles. The molecule has 2 N–H and O–H groups in total. The van der Waals surface area contributed by atoms with Crippen LogP contribution in [0.25, 0.3) is 0 Å². The van der Waals surface area contributed by atoms with Gasteiger partial charge in [0.15, 0.2) is 0 Å². The first-order chi connectivity index (χ1) is 7.77. The topological polar surface area (TPSA) is 26.0 Å². The first-order valence-corrected chi connectivity index (χ1v) is 6.23. The van der Waals surface area contributed by atoms with Crippen LogP contribution in [0, 0.1) is 5.82 Å². The maximum Gasteiger partial charge on any atom is 0.123 e. The van der Waals surface area contributed by atoms with Crippen molar-refractivity contribution in [3.63, 3.8) is 0 Å². The van der Waals surface area contributed by atoms with Crippen molar-refractivity contribution in [2.24, 2.45) is 5.73 Å². The highest BCUT2D eigenvalue weighted by molar-refractivity contribution is 5.26. The van der Waals surface area contributed by atoms with E-state index in [0.29, 0.717) is 6.54 Å². The summed E-state index contributed by atoms with van der Waals surface area (Å²) in [6, 6.07) is 6.93. The van der Waals surface area contributed by atoms with Crippen LogP contribution in [-0.2, 0) is 5.41 Å². The van der Waals surface area contributed by atoms with Gasteiger partial charge in [0, 0.05) is 12.0 Å². The molecule has 16 heavy (non-hydrogen) atoms. The summed E-state index contributed by atoms with van der Waals surface area (Å²) in [5.74, 6) is -0.162. The predicted octanol–water partition coefficient (Wildman–Crippen LogP) is 3.38. The Hall–Kier alpha value is -0.890. The number of halogens is 1. The number of benzene rings is 1. The van der Waals surface area contributed by atoms with E-state index in [0.717, 1.165) is 12.8 Å². The molecule has 0 unspecified atom stereocenters. The lowest BCUT2D eigenvalue weighted by Crippen LogP contribution is -2.34. The van der Waals surface area contributed by atoms with Crippen LogP contribution in [-0.4, -0.2) is 6.54 Å². The first kappa shape index (κ1) is 11.6. The maximum absolute atomic E-state index is 12.9. The molecular weight excluding hydrogens is 201 g/mol. The van der Waals surface area contributed by atoms with Gasteiger partial charge in [0.25, 0.3) is 0 Å². The van der Waals surface area contributed by atoms with Crippen LogP contribution >= 0.6 is 0 Å². The van der Waals surface area contributed by atoms with Crippen LogP contribution in [0.4, 0.5) is 4.39 Å². The average molecular weight is 221 g/mol. The highest BCUT2D eigenvalue weighted by Crippen LogP contribution is 2.37. The molecular formula is C14H20FN. The molecule has 0 saturated heterocycles. The van der Waals surface area contributed by atoms with Gasteiger partial charge in [-0.25, -0.2) is 4.39 Å². The van der Waals surface area contributed by atoms with E-state index in [-0.39, 0.29) is 11.2 Å². The number of rotatable bonds is 2. The smallest absolute Gasteiger partial charge is 0.123 e. The zero-order chi connectivity index (χ0) is 11.4. The van der Waals surface area contributed by atoms with Crippen molar-refractivity contribution in [3.05, 3.63) is 35.6 Å². The van der Waals surface area contributed by atoms with Gasteiger partial charge in [-0.05, 0) is 30.5 Å². The quantitative estimate of drug-likeness (QED) is 0.761. The molecule has 0 aliphatic heterocycles. The van der Waals surface area contributed by atoms with Gasteiger partial charge in [0.2, 0.25) is 0 Å². The summed E-state index contributed by atoms with van der Waals surface area (Å²) < 4.78 is 12.9. The van der Waals surface area contributed by atoms with Crippen LogP contribution in [0.1, 0.15) is 44.1 Å². The molecule has 1 aliphatic carbocycles. The van der Waals surface area contributed by atoms with E-state index in [1.54, 1.807) is 12.1 Å². The summed E-state index contributed by atoms with van der Waals surface area (Å²) in [4.78, 5) is 0. The summed E-state index contributed by atoms with van der Waals surface area (Å²) >= 11 is 0. The van der Waals surface area contributed by atoms with Gasteiger partial charge in [-0.15, -0.1) is 0 Å². The lowest BCUT2D eigenvalue weighted by molar-refractivity contribution is 0.380. The normalized spacial score (nSPS) is 20.4. The lowest BCUT2D eigenvalue weighted by atomic mass is 9.74. The van der Waals surface area contributed by atoms with Crippen molar-refractivity contribution in [3.8, 4) is 0 Å². The monoisotopic (exact) mass is 221 g/mol. The molecule has 2 rings (SSSR count). The van der Waals surface area contributed by atoms with Gasteiger partial charge in [0.05, 0.1) is 0 Å². The van der Waals surface area contributed by atoms with E-state index in [1.165, 1.54) is 31.2 Å². The second-order valence-electron chi connectivity index (χ2n) is 4.91. The van der Waals surface area contributed by atoms with Crippen LogP contribution in [0.15, 0.2) is 24.3 Å². The van der Waals surface area contributed by atoms with Gasteiger partial charge < -0.3 is 5.73 Å². The van der Waals surface area contributed by atoms with Gasteiger partial charge in [-0.3, -0.25) is 0 Å². The predicted molar refractivity (Wildman–Crippen MR) is 64.8 cm³/mol. The summed E-state index contributed by atoms with van der Waals surface area (Å²) in [6.45, 7) is 0.679. The van der Waals surface area contributed by atoms with Gasteiger partial charge >= 0.3 is 0 Å². The van der Waals surface area contributed by atoms with Crippen LogP contribution in [0.5, 0.6) is 0 Å². The standard InChI is InChI=1S/C14H20FN/c15-13-7-5-12(6-8-13)14(11-16)9-3-1-2-4-10-14/h5-8H,1-4,9-11,16H2. The Labute approximate surface area is 96.9 Å². The molecule has 88 valence electrons. The van der Waals surface area contributed by atoms with Crippen molar-refractivity contribution >= 4 is 0 Å². The molecule has 0 amide bonds. The molecule has 1 aromatic carbocycles. The van der Waals surface area contributed by atoms with Crippen LogP contribution < -0.4 is 5.73 Å². The average Bonchev–Trinajstić information content (AvgIpc) is 2.56. The van der Waals surface area contributed by atoms with Gasteiger partial charge in [-0.2, -0.15) is 0 Å². The fourth-order valence-corrected chi connectivity index (χ4v) is 2.82. The fraction of sp³-hybridized carbons (Fsp3) is 0.571. The van der Waals surface area contributed by atoms with E-state index in [2.05, 4.69) is 0 Å². The molecule has 1 nitrogen and oxygen atoms in total. The minimum absolute atomic E-state index is 0.101. The zero-order valence-electron chi connectivity index (χ0n) is 9.71. The molecule has 1 aliphatic rings. The molecule has 0 bridgehead atoms. The molecule has 0 spiro atoms. The van der Waals surface area contributed by atoms with E-state index in [4.69, 9.17) is 5.73 Å².